The van der Waals surface area contributed by atoms with Gasteiger partial charge in [-0.25, -0.2) is 0 Å². The number of aliphatic carboxylic acids is 1. The van der Waals surface area contributed by atoms with Gasteiger partial charge >= 0.3 is 5.97 Å². The zero-order chi connectivity index (χ0) is 13.7. The molecule has 0 bridgehead atoms. The summed E-state index contributed by atoms with van der Waals surface area (Å²) in [5.41, 5.74) is 5.86. The molecular formula is C12H23N3O3. The van der Waals surface area contributed by atoms with E-state index in [1.165, 1.54) is 0 Å². The molecule has 1 amide bonds. The van der Waals surface area contributed by atoms with E-state index in [2.05, 4.69) is 0 Å². The van der Waals surface area contributed by atoms with Gasteiger partial charge in [0, 0.05) is 26.2 Å². The summed E-state index contributed by atoms with van der Waals surface area (Å²) >= 11 is 0. The summed E-state index contributed by atoms with van der Waals surface area (Å²) in [5, 5.41) is 8.75. The predicted octanol–water partition coefficient (Wildman–Crippen LogP) is -0.411. The molecule has 104 valence electrons. The van der Waals surface area contributed by atoms with Crippen LogP contribution in [0.3, 0.4) is 0 Å². The van der Waals surface area contributed by atoms with Crippen molar-refractivity contribution in [1.29, 1.82) is 0 Å². The molecule has 0 aromatic carbocycles. The van der Waals surface area contributed by atoms with Crippen molar-refractivity contribution in [3.05, 3.63) is 0 Å². The van der Waals surface area contributed by atoms with Crippen molar-refractivity contribution >= 4 is 11.9 Å². The lowest BCUT2D eigenvalue weighted by Crippen LogP contribution is -2.47. The molecule has 0 saturated carbocycles. The fraction of sp³-hybridized carbons (Fsp3) is 0.833. The van der Waals surface area contributed by atoms with Crippen molar-refractivity contribution in [3.63, 3.8) is 0 Å². The molecule has 1 saturated heterocycles. The largest absolute Gasteiger partial charge is 0.480 e. The molecule has 6 nitrogen and oxygen atoms in total. The van der Waals surface area contributed by atoms with Gasteiger partial charge in [0.1, 0.15) is 0 Å². The Morgan fingerprint density at radius 2 is 1.89 bits per heavy atom. The maximum Gasteiger partial charge on any atom is 0.317 e. The quantitative estimate of drug-likeness (QED) is 0.715. The van der Waals surface area contributed by atoms with Gasteiger partial charge in [-0.3, -0.25) is 14.5 Å². The Labute approximate surface area is 108 Å². The normalized spacial score (nSPS) is 19.7. The lowest BCUT2D eigenvalue weighted by molar-refractivity contribution is -0.138. The highest BCUT2D eigenvalue weighted by atomic mass is 16.4. The van der Waals surface area contributed by atoms with Crippen LogP contribution < -0.4 is 5.73 Å². The van der Waals surface area contributed by atoms with Crippen LogP contribution in [0, 0.1) is 5.92 Å². The number of carboxylic acid groups (broad SMARTS) is 1. The third-order valence-electron chi connectivity index (χ3n) is 3.26. The van der Waals surface area contributed by atoms with E-state index in [0.29, 0.717) is 26.2 Å². The number of rotatable bonds is 4. The third kappa shape index (κ3) is 4.27. The highest BCUT2D eigenvalue weighted by Gasteiger charge is 2.25. The summed E-state index contributed by atoms with van der Waals surface area (Å²) in [4.78, 5) is 26.4. The molecule has 0 aromatic rings. The van der Waals surface area contributed by atoms with Gasteiger partial charge in [-0.15, -0.1) is 0 Å². The van der Waals surface area contributed by atoms with Gasteiger partial charge in [-0.05, 0) is 12.3 Å². The first-order valence-electron chi connectivity index (χ1n) is 6.40. The van der Waals surface area contributed by atoms with Gasteiger partial charge in [0.25, 0.3) is 0 Å². The van der Waals surface area contributed by atoms with Crippen LogP contribution in [0.25, 0.3) is 0 Å². The number of carbonyl (C=O) groups excluding carboxylic acids is 1. The summed E-state index contributed by atoms with van der Waals surface area (Å²) in [6, 6.07) is -0.462. The second-order valence-corrected chi connectivity index (χ2v) is 5.12. The first-order valence-corrected chi connectivity index (χ1v) is 6.40. The van der Waals surface area contributed by atoms with E-state index in [-0.39, 0.29) is 18.4 Å². The van der Waals surface area contributed by atoms with Crippen molar-refractivity contribution in [3.8, 4) is 0 Å². The molecule has 0 unspecified atom stereocenters. The molecule has 0 aliphatic carbocycles. The predicted molar refractivity (Wildman–Crippen MR) is 68.1 cm³/mol. The summed E-state index contributed by atoms with van der Waals surface area (Å²) in [6.45, 7) is 6.43. The molecule has 1 fully saturated rings. The van der Waals surface area contributed by atoms with E-state index >= 15 is 0 Å². The first-order chi connectivity index (χ1) is 8.41. The number of carbonyl (C=O) groups is 2. The highest BCUT2D eigenvalue weighted by Crippen LogP contribution is 2.08. The molecule has 0 spiro atoms. The lowest BCUT2D eigenvalue weighted by Gasteiger charge is -2.26. The average Bonchev–Trinajstić information content (AvgIpc) is 2.51. The van der Waals surface area contributed by atoms with Gasteiger partial charge < -0.3 is 15.7 Å². The Morgan fingerprint density at radius 1 is 1.22 bits per heavy atom. The molecule has 1 rings (SSSR count). The number of hydrogen-bond acceptors (Lipinski definition) is 4. The Bertz CT molecular complexity index is 307. The molecule has 0 radical (unpaired) electrons. The van der Waals surface area contributed by atoms with E-state index in [0.717, 1.165) is 6.42 Å². The minimum absolute atomic E-state index is 0.0258. The van der Waals surface area contributed by atoms with Crippen LogP contribution in [0.15, 0.2) is 0 Å². The van der Waals surface area contributed by atoms with Crippen LogP contribution >= 0.6 is 0 Å². The molecular weight excluding hydrogens is 234 g/mol. The SMILES string of the molecule is CC(C)[C@@H](N)C(=O)N1CCCN(CC(=O)O)CC1. The Kier molecular flexibility index (Phi) is 5.55. The van der Waals surface area contributed by atoms with Crippen LogP contribution in [0.2, 0.25) is 0 Å². The van der Waals surface area contributed by atoms with Gasteiger partial charge in [-0.2, -0.15) is 0 Å². The summed E-state index contributed by atoms with van der Waals surface area (Å²) in [7, 11) is 0. The highest BCUT2D eigenvalue weighted by molar-refractivity contribution is 5.82. The molecule has 1 heterocycles. The van der Waals surface area contributed by atoms with E-state index in [1.807, 2.05) is 18.7 Å². The number of carboxylic acids is 1. The van der Waals surface area contributed by atoms with Gasteiger partial charge in [0.2, 0.25) is 5.91 Å². The zero-order valence-corrected chi connectivity index (χ0v) is 11.1. The summed E-state index contributed by atoms with van der Waals surface area (Å²) < 4.78 is 0. The van der Waals surface area contributed by atoms with E-state index < -0.39 is 12.0 Å². The van der Waals surface area contributed by atoms with Gasteiger partial charge in [-0.1, -0.05) is 13.8 Å². The van der Waals surface area contributed by atoms with Crippen molar-refractivity contribution in [2.75, 3.05) is 32.7 Å². The topological polar surface area (TPSA) is 86.9 Å². The number of hydrogen-bond donors (Lipinski definition) is 2. The molecule has 0 aromatic heterocycles. The minimum Gasteiger partial charge on any atom is -0.480 e. The fourth-order valence-corrected chi connectivity index (χ4v) is 2.04. The molecule has 1 aliphatic heterocycles. The smallest absolute Gasteiger partial charge is 0.317 e. The van der Waals surface area contributed by atoms with Crippen molar-refractivity contribution in [1.82, 2.24) is 9.80 Å². The minimum atomic E-state index is -0.825. The van der Waals surface area contributed by atoms with Crippen LogP contribution in [-0.4, -0.2) is 65.5 Å². The number of amides is 1. The number of nitrogens with two attached hydrogens (primary N) is 1. The fourth-order valence-electron chi connectivity index (χ4n) is 2.04. The zero-order valence-electron chi connectivity index (χ0n) is 11.1. The standard InChI is InChI=1S/C12H23N3O3/c1-9(2)11(13)12(18)15-5-3-4-14(6-7-15)8-10(16)17/h9,11H,3-8,13H2,1-2H3,(H,16,17)/t11-/m1/s1. The third-order valence-corrected chi connectivity index (χ3v) is 3.26. The lowest BCUT2D eigenvalue weighted by atomic mass is 10.0. The van der Waals surface area contributed by atoms with Crippen molar-refractivity contribution in [2.45, 2.75) is 26.3 Å². The van der Waals surface area contributed by atoms with Crippen LogP contribution in [0.4, 0.5) is 0 Å². The Morgan fingerprint density at radius 3 is 2.44 bits per heavy atom. The second kappa shape index (κ2) is 6.70. The molecule has 6 heteroatoms. The summed E-state index contributed by atoms with van der Waals surface area (Å²) in [5.74, 6) is -0.730. The molecule has 18 heavy (non-hydrogen) atoms. The van der Waals surface area contributed by atoms with Gasteiger partial charge in [0.15, 0.2) is 0 Å². The summed E-state index contributed by atoms with van der Waals surface area (Å²) in [6.07, 6.45) is 0.795. The average molecular weight is 257 g/mol. The van der Waals surface area contributed by atoms with E-state index in [1.54, 1.807) is 4.90 Å². The van der Waals surface area contributed by atoms with Crippen molar-refractivity contribution in [2.24, 2.45) is 11.7 Å². The molecule has 1 atom stereocenters. The Hall–Kier alpha value is -1.14. The molecule has 3 N–H and O–H groups in total. The monoisotopic (exact) mass is 257 g/mol. The second-order valence-electron chi connectivity index (χ2n) is 5.12. The Balaban J connectivity index is 2.51. The van der Waals surface area contributed by atoms with Crippen molar-refractivity contribution < 1.29 is 14.7 Å². The van der Waals surface area contributed by atoms with E-state index in [9.17, 15) is 9.59 Å². The number of nitrogens with zero attached hydrogens (tertiary/aromatic N) is 2. The maximum absolute atomic E-state index is 12.1. The van der Waals surface area contributed by atoms with E-state index in [4.69, 9.17) is 10.8 Å². The maximum atomic E-state index is 12.1. The first kappa shape index (κ1) is 14.9. The van der Waals surface area contributed by atoms with Crippen LogP contribution in [0.5, 0.6) is 0 Å². The van der Waals surface area contributed by atoms with Crippen LogP contribution in [0.1, 0.15) is 20.3 Å². The molecule has 1 aliphatic rings. The van der Waals surface area contributed by atoms with Crippen LogP contribution in [-0.2, 0) is 9.59 Å². The van der Waals surface area contributed by atoms with Gasteiger partial charge in [0.05, 0.1) is 12.6 Å².